The summed E-state index contributed by atoms with van der Waals surface area (Å²) in [7, 11) is 0. The summed E-state index contributed by atoms with van der Waals surface area (Å²) >= 11 is 1.66. The van der Waals surface area contributed by atoms with E-state index in [-0.39, 0.29) is 25.5 Å². The van der Waals surface area contributed by atoms with Crippen LogP contribution in [-0.2, 0) is 31.9 Å². The van der Waals surface area contributed by atoms with Crippen LogP contribution < -0.4 is 0 Å². The SMILES string of the molecule is CC(C)Cc1cc(-c2[c-]cccc2)ncc1C(C)(C)C.Cc1ccc2s[c-]c(-c3nc4ccccc4n3-c3cc(C)c(-c4ccccc4)c(C)c3)c2c1.[Ir]. The number of para-hydroxylation sites is 2. The fourth-order valence-corrected chi connectivity index (χ4v) is 8.14. The van der Waals surface area contributed by atoms with E-state index in [1.54, 1.807) is 11.3 Å². The van der Waals surface area contributed by atoms with E-state index in [9.17, 15) is 0 Å². The average Bonchev–Trinajstić information content (AvgIpc) is 3.73. The van der Waals surface area contributed by atoms with Crippen LogP contribution in [0.3, 0.4) is 0 Å². The molecule has 0 spiro atoms. The zero-order valence-electron chi connectivity index (χ0n) is 32.4. The van der Waals surface area contributed by atoms with E-state index in [4.69, 9.17) is 4.98 Å². The minimum Gasteiger partial charge on any atom is -0.333 e. The van der Waals surface area contributed by atoms with Gasteiger partial charge < -0.3 is 9.55 Å². The second-order valence-electron chi connectivity index (χ2n) is 15.5. The molecule has 0 bridgehead atoms. The molecule has 0 aliphatic rings. The van der Waals surface area contributed by atoms with Crippen molar-refractivity contribution in [3.63, 3.8) is 0 Å². The van der Waals surface area contributed by atoms with Crippen molar-refractivity contribution in [2.75, 3.05) is 0 Å². The fourth-order valence-electron chi connectivity index (χ4n) is 7.32. The molecule has 0 unspecified atom stereocenters. The van der Waals surface area contributed by atoms with E-state index in [0.717, 1.165) is 45.8 Å². The van der Waals surface area contributed by atoms with Gasteiger partial charge in [-0.25, -0.2) is 0 Å². The van der Waals surface area contributed by atoms with Crippen LogP contribution in [0.4, 0.5) is 0 Å². The number of aromatic nitrogens is 3. The van der Waals surface area contributed by atoms with Gasteiger partial charge in [0.05, 0.1) is 16.9 Å². The number of nitrogens with zero attached hydrogens (tertiary/aromatic N) is 3. The van der Waals surface area contributed by atoms with Gasteiger partial charge in [0.2, 0.25) is 0 Å². The molecule has 0 N–H and O–H groups in total. The molecule has 0 saturated heterocycles. The molecule has 3 nitrogen and oxygen atoms in total. The Hall–Kier alpha value is -4.67. The number of pyridine rings is 1. The number of hydrogen-bond acceptors (Lipinski definition) is 3. The van der Waals surface area contributed by atoms with Gasteiger partial charge in [-0.15, -0.1) is 47.3 Å². The summed E-state index contributed by atoms with van der Waals surface area (Å²) in [5.74, 6) is 1.59. The van der Waals surface area contributed by atoms with E-state index >= 15 is 0 Å². The average molecular weight is 902 g/mol. The first-order chi connectivity index (χ1) is 25.5. The monoisotopic (exact) mass is 902 g/mol. The van der Waals surface area contributed by atoms with Gasteiger partial charge in [0.25, 0.3) is 0 Å². The Morgan fingerprint density at radius 3 is 2.19 bits per heavy atom. The number of benzene rings is 5. The number of thiophene rings is 1. The first-order valence-corrected chi connectivity index (χ1v) is 19.3. The molecule has 3 heterocycles. The van der Waals surface area contributed by atoms with Crippen LogP contribution in [0.1, 0.15) is 62.4 Å². The molecule has 0 fully saturated rings. The molecule has 275 valence electrons. The van der Waals surface area contributed by atoms with E-state index < -0.39 is 0 Å². The van der Waals surface area contributed by atoms with Gasteiger partial charge >= 0.3 is 0 Å². The Bertz CT molecular complexity index is 2500. The first-order valence-electron chi connectivity index (χ1n) is 18.5. The molecule has 0 saturated carbocycles. The van der Waals surface area contributed by atoms with Crippen LogP contribution in [0.15, 0.2) is 121 Å². The van der Waals surface area contributed by atoms with Gasteiger partial charge in [0.15, 0.2) is 0 Å². The molecule has 0 aliphatic carbocycles. The fraction of sp³-hybridized carbons (Fsp3) is 0.224. The Kier molecular flexibility index (Phi) is 11.8. The zero-order valence-corrected chi connectivity index (χ0v) is 35.6. The molecule has 1 radical (unpaired) electrons. The Morgan fingerprint density at radius 2 is 1.50 bits per heavy atom. The van der Waals surface area contributed by atoms with Crippen LogP contribution in [0.2, 0.25) is 0 Å². The molecule has 54 heavy (non-hydrogen) atoms. The van der Waals surface area contributed by atoms with Gasteiger partial charge in [-0.2, -0.15) is 0 Å². The number of hydrogen-bond donors (Lipinski definition) is 0. The van der Waals surface area contributed by atoms with Crippen molar-refractivity contribution in [3.05, 3.63) is 161 Å². The zero-order chi connectivity index (χ0) is 37.3. The molecule has 5 heteroatoms. The Balaban J connectivity index is 0.000000205. The number of imidazole rings is 1. The quantitative estimate of drug-likeness (QED) is 0.156. The van der Waals surface area contributed by atoms with Crippen molar-refractivity contribution in [1.29, 1.82) is 0 Å². The van der Waals surface area contributed by atoms with Gasteiger partial charge in [-0.05, 0) is 102 Å². The van der Waals surface area contributed by atoms with Gasteiger partial charge in [0, 0.05) is 32.0 Å². The third-order valence-corrected chi connectivity index (χ3v) is 10.6. The number of aryl methyl sites for hydroxylation is 3. The maximum atomic E-state index is 5.09. The Morgan fingerprint density at radius 1 is 0.796 bits per heavy atom. The minimum absolute atomic E-state index is 0. The maximum Gasteiger partial charge on any atom is 0.0774 e. The largest absolute Gasteiger partial charge is 0.333 e. The van der Waals surface area contributed by atoms with Crippen molar-refractivity contribution in [2.45, 2.75) is 67.2 Å². The third kappa shape index (κ3) is 8.20. The molecule has 8 rings (SSSR count). The first kappa shape index (κ1) is 39.0. The summed E-state index contributed by atoms with van der Waals surface area (Å²) in [6.07, 6.45) is 3.14. The molecule has 0 atom stereocenters. The van der Waals surface area contributed by atoms with Gasteiger partial charge in [-0.1, -0.05) is 116 Å². The maximum absolute atomic E-state index is 5.09. The molecule has 0 amide bonds. The summed E-state index contributed by atoms with van der Waals surface area (Å²) in [6.45, 7) is 17.8. The van der Waals surface area contributed by atoms with E-state index in [1.165, 1.54) is 49.0 Å². The van der Waals surface area contributed by atoms with Crippen LogP contribution in [0.5, 0.6) is 0 Å². The van der Waals surface area contributed by atoms with Crippen molar-refractivity contribution in [2.24, 2.45) is 5.92 Å². The number of fused-ring (bicyclic) bond motifs is 2. The van der Waals surface area contributed by atoms with Crippen molar-refractivity contribution in [3.8, 4) is 39.5 Å². The molecule has 3 aromatic heterocycles. The van der Waals surface area contributed by atoms with Crippen molar-refractivity contribution >= 4 is 32.5 Å². The van der Waals surface area contributed by atoms with Gasteiger partial charge in [0.1, 0.15) is 0 Å². The third-order valence-electron chi connectivity index (χ3n) is 9.70. The molecule has 5 aromatic carbocycles. The van der Waals surface area contributed by atoms with Gasteiger partial charge in [-0.3, -0.25) is 16.3 Å². The minimum atomic E-state index is 0. The topological polar surface area (TPSA) is 30.7 Å². The van der Waals surface area contributed by atoms with Crippen molar-refractivity contribution < 1.29 is 20.1 Å². The normalized spacial score (nSPS) is 11.4. The second kappa shape index (κ2) is 16.4. The molecular weight excluding hydrogens is 855 g/mol. The second-order valence-corrected chi connectivity index (χ2v) is 16.4. The standard InChI is InChI=1S/C30H23N2S.C19H24N.Ir/c1-19-13-14-28-24(15-19)25(18-33-28)30-31-26-11-7-8-12-27(26)32(30)23-16-20(2)29(21(3)17-23)22-9-5-4-6-10-22;1-14(2)11-16-12-18(15-9-7-6-8-10-15)20-13-17(16)19(3,4)5;/h4-17H,1-3H3;6-9,12-14H,11H2,1-5H3;/q2*-1;. The Labute approximate surface area is 338 Å². The van der Waals surface area contributed by atoms with E-state index in [2.05, 4.69) is 173 Å². The molecular formula is C49H47IrN3S-2. The summed E-state index contributed by atoms with van der Waals surface area (Å²) < 4.78 is 3.53. The summed E-state index contributed by atoms with van der Waals surface area (Å²) in [5.41, 5.74) is 15.6. The van der Waals surface area contributed by atoms with Crippen LogP contribution in [0, 0.1) is 38.1 Å². The van der Waals surface area contributed by atoms with E-state index in [1.807, 2.05) is 24.4 Å². The van der Waals surface area contributed by atoms with Crippen LogP contribution in [-0.4, -0.2) is 14.5 Å². The smallest absolute Gasteiger partial charge is 0.0774 e. The summed E-state index contributed by atoms with van der Waals surface area (Å²) in [6, 6.07) is 43.7. The molecule has 0 aliphatic heterocycles. The van der Waals surface area contributed by atoms with Crippen LogP contribution >= 0.6 is 11.3 Å². The summed E-state index contributed by atoms with van der Waals surface area (Å²) in [4.78, 5) is 9.74. The van der Waals surface area contributed by atoms with Crippen molar-refractivity contribution in [1.82, 2.24) is 14.5 Å². The predicted octanol–water partition coefficient (Wildman–Crippen LogP) is 13.3. The van der Waals surface area contributed by atoms with Crippen LogP contribution in [0.25, 0.3) is 60.6 Å². The summed E-state index contributed by atoms with van der Waals surface area (Å²) in [5, 5.41) is 4.77. The van der Waals surface area contributed by atoms with E-state index in [0.29, 0.717) is 5.92 Å². The molecule has 8 aromatic rings. The number of rotatable bonds is 6. The predicted molar refractivity (Wildman–Crippen MR) is 226 cm³/mol.